The maximum atomic E-state index is 15.6. The van der Waals surface area contributed by atoms with E-state index in [1.165, 1.54) is 12.1 Å². The van der Waals surface area contributed by atoms with Gasteiger partial charge in [-0.25, -0.2) is 0 Å². The highest BCUT2D eigenvalue weighted by atomic mass is 19.4. The number of alkyl halides is 12. The second-order valence-electron chi connectivity index (χ2n) is 14.7. The lowest BCUT2D eigenvalue weighted by Gasteiger charge is -2.39. The number of Topliss-reactive ketones (excluding diaryl/α,β-unsaturated/α-hetero) is 1. The minimum absolute atomic E-state index is 0.0938. The predicted octanol–water partition coefficient (Wildman–Crippen LogP) is 13.9. The smallest absolute Gasteiger partial charge is 0.384 e. The van der Waals surface area contributed by atoms with Crippen LogP contribution in [0.2, 0.25) is 0 Å². The Labute approximate surface area is 363 Å². The first-order valence-electron chi connectivity index (χ1n) is 19.4. The summed E-state index contributed by atoms with van der Waals surface area (Å²) in [4.78, 5) is 25.5. The Balaban J connectivity index is 1.48. The summed E-state index contributed by atoms with van der Waals surface area (Å²) in [7, 11) is 0. The van der Waals surface area contributed by atoms with E-state index < -0.39 is 80.7 Å². The summed E-state index contributed by atoms with van der Waals surface area (Å²) >= 11 is 0. The van der Waals surface area contributed by atoms with Crippen LogP contribution in [0.15, 0.2) is 146 Å². The van der Waals surface area contributed by atoms with Crippen molar-refractivity contribution in [3.8, 4) is 0 Å². The number of rotatable bonds is 13. The molecule has 6 rings (SSSR count). The van der Waals surface area contributed by atoms with Crippen LogP contribution >= 0.6 is 0 Å². The van der Waals surface area contributed by atoms with Gasteiger partial charge in [-0.15, -0.1) is 0 Å². The third-order valence-corrected chi connectivity index (χ3v) is 10.6. The molecule has 4 N–H and O–H groups in total. The summed E-state index contributed by atoms with van der Waals surface area (Å²) in [5.74, 6) is -1.95. The molecule has 0 aliphatic carbocycles. The fraction of sp³-hybridized carbons (Fsp3) is 0.191. The van der Waals surface area contributed by atoms with Crippen molar-refractivity contribution in [1.29, 1.82) is 0 Å². The Morgan fingerprint density at radius 3 is 1.17 bits per heavy atom. The number of nitrogens with one attached hydrogen (secondary N) is 4. The fourth-order valence-corrected chi connectivity index (χ4v) is 7.55. The highest BCUT2D eigenvalue weighted by molar-refractivity contribution is 6.06. The van der Waals surface area contributed by atoms with Crippen molar-refractivity contribution in [2.45, 2.75) is 49.4 Å². The van der Waals surface area contributed by atoms with Gasteiger partial charge in [0.25, 0.3) is 5.91 Å². The number of benzene rings is 6. The lowest BCUT2D eigenvalue weighted by atomic mass is 9.72. The van der Waals surface area contributed by atoms with Gasteiger partial charge in [0.05, 0.1) is 22.7 Å². The predicted molar refractivity (Wildman–Crippen MR) is 223 cm³/mol. The van der Waals surface area contributed by atoms with Crippen LogP contribution in [0.3, 0.4) is 0 Å². The standard InChI is InChI=1S/C47H36F12N4O2/c1-3-60-39-26-33(22-24-37(39)61-35-10-6-4-7-11-35)43(46(54,55)56,47(57,58)59)34-23-25-38(62-36-12-8-5-9-13-36)40(27-34)63-41(65)30-16-20-32(21-17-30)42(44(48,49)50,45(51,52)53)31-18-14-29(15-19-31)28(2)64/h4-27,60-62H,3H2,1-2H3,(H,63,65). The van der Waals surface area contributed by atoms with Crippen molar-refractivity contribution in [3.05, 3.63) is 179 Å². The molecule has 0 bridgehead atoms. The number of ketones is 1. The number of carbonyl (C=O) groups is 2. The van der Waals surface area contributed by atoms with E-state index in [-0.39, 0.29) is 34.9 Å². The molecular formula is C47H36F12N4O2. The van der Waals surface area contributed by atoms with Gasteiger partial charge in [-0.2, -0.15) is 52.7 Å². The maximum absolute atomic E-state index is 15.6. The third-order valence-electron chi connectivity index (χ3n) is 10.6. The van der Waals surface area contributed by atoms with Crippen LogP contribution in [0.5, 0.6) is 0 Å². The molecule has 0 aromatic heterocycles. The molecule has 65 heavy (non-hydrogen) atoms. The molecular weight excluding hydrogens is 881 g/mol. The number of anilines is 6. The Morgan fingerprint density at radius 1 is 0.431 bits per heavy atom. The largest absolute Gasteiger partial charge is 0.411 e. The van der Waals surface area contributed by atoms with Crippen LogP contribution < -0.4 is 21.3 Å². The van der Waals surface area contributed by atoms with Gasteiger partial charge < -0.3 is 21.3 Å². The van der Waals surface area contributed by atoms with Crippen molar-refractivity contribution in [1.82, 2.24) is 0 Å². The summed E-state index contributed by atoms with van der Waals surface area (Å²) in [6, 6.07) is 24.9. The lowest BCUT2D eigenvalue weighted by molar-refractivity contribution is -0.290. The Hall–Kier alpha value is -6.98. The summed E-state index contributed by atoms with van der Waals surface area (Å²) in [6.07, 6.45) is -24.3. The molecule has 6 aromatic rings. The van der Waals surface area contributed by atoms with Crippen LogP contribution in [0.1, 0.15) is 56.8 Å². The average molecular weight is 917 g/mol. The van der Waals surface area contributed by atoms with Gasteiger partial charge in [-0.1, -0.05) is 84.9 Å². The molecule has 340 valence electrons. The first-order chi connectivity index (χ1) is 30.4. The molecule has 0 aliphatic heterocycles. The second-order valence-corrected chi connectivity index (χ2v) is 14.7. The molecule has 0 fully saturated rings. The quantitative estimate of drug-likeness (QED) is 0.0685. The van der Waals surface area contributed by atoms with Crippen molar-refractivity contribution >= 4 is 45.8 Å². The third kappa shape index (κ3) is 9.06. The average Bonchev–Trinajstić information content (AvgIpc) is 3.22. The van der Waals surface area contributed by atoms with Crippen molar-refractivity contribution in [2.24, 2.45) is 0 Å². The number of hydrogen-bond acceptors (Lipinski definition) is 5. The van der Waals surface area contributed by atoms with Crippen molar-refractivity contribution in [2.75, 3.05) is 27.8 Å². The second kappa shape index (κ2) is 17.9. The summed E-state index contributed by atoms with van der Waals surface area (Å²) in [5, 5.41) is 10.8. The van der Waals surface area contributed by atoms with E-state index in [2.05, 4.69) is 21.3 Å². The number of carbonyl (C=O) groups excluding carboxylic acids is 2. The van der Waals surface area contributed by atoms with Crippen LogP contribution in [-0.4, -0.2) is 42.9 Å². The molecule has 1 amide bonds. The van der Waals surface area contributed by atoms with E-state index in [4.69, 9.17) is 0 Å². The van der Waals surface area contributed by atoms with Gasteiger partial charge in [0.15, 0.2) is 5.78 Å². The van der Waals surface area contributed by atoms with Gasteiger partial charge in [-0.05, 0) is 96.8 Å². The van der Waals surface area contributed by atoms with Gasteiger partial charge in [0, 0.05) is 29.0 Å². The summed E-state index contributed by atoms with van der Waals surface area (Å²) in [5.41, 5.74) is -15.7. The van der Waals surface area contributed by atoms with E-state index >= 15 is 26.3 Å². The molecule has 0 radical (unpaired) electrons. The molecule has 0 heterocycles. The number of para-hydroxylation sites is 2. The molecule has 6 nitrogen and oxygen atoms in total. The van der Waals surface area contributed by atoms with Gasteiger partial charge in [-0.3, -0.25) is 9.59 Å². The molecule has 0 unspecified atom stereocenters. The van der Waals surface area contributed by atoms with E-state index in [0.29, 0.717) is 66.4 Å². The van der Waals surface area contributed by atoms with Crippen molar-refractivity contribution < 1.29 is 62.3 Å². The van der Waals surface area contributed by atoms with Crippen LogP contribution in [0, 0.1) is 0 Å². The monoisotopic (exact) mass is 916 g/mol. The first-order valence-corrected chi connectivity index (χ1v) is 19.4. The SMILES string of the molecule is CCNc1cc(C(c2ccc(Nc3ccccc3)c(NC(=O)c3ccc(C(c4ccc(C(C)=O)cc4)(C(F)(F)F)C(F)(F)F)cc3)c2)(C(F)(F)F)C(F)(F)F)ccc1Nc1ccccc1. The summed E-state index contributed by atoms with van der Waals surface area (Å²) in [6.45, 7) is 2.74. The van der Waals surface area contributed by atoms with Crippen LogP contribution in [0.4, 0.5) is 86.8 Å². The van der Waals surface area contributed by atoms with Gasteiger partial charge >= 0.3 is 24.7 Å². The maximum Gasteiger partial charge on any atom is 0.411 e. The summed E-state index contributed by atoms with van der Waals surface area (Å²) < 4.78 is 182. The highest BCUT2D eigenvalue weighted by Gasteiger charge is 2.73. The minimum atomic E-state index is -6.09. The van der Waals surface area contributed by atoms with Gasteiger partial charge in [0.1, 0.15) is 0 Å². The lowest BCUT2D eigenvalue weighted by Crippen LogP contribution is -2.54. The van der Waals surface area contributed by atoms with Crippen LogP contribution in [0.25, 0.3) is 0 Å². The zero-order valence-corrected chi connectivity index (χ0v) is 33.9. The normalized spacial score (nSPS) is 12.6. The number of hydrogen-bond donors (Lipinski definition) is 4. The van der Waals surface area contributed by atoms with Crippen LogP contribution in [-0.2, 0) is 10.8 Å². The Morgan fingerprint density at radius 2 is 0.785 bits per heavy atom. The van der Waals surface area contributed by atoms with E-state index in [1.54, 1.807) is 55.5 Å². The zero-order valence-electron chi connectivity index (χ0n) is 33.9. The first kappa shape index (κ1) is 47.5. The van der Waals surface area contributed by atoms with Crippen molar-refractivity contribution in [3.63, 3.8) is 0 Å². The van der Waals surface area contributed by atoms with E-state index in [0.717, 1.165) is 31.2 Å². The van der Waals surface area contributed by atoms with Gasteiger partial charge in [0.2, 0.25) is 10.8 Å². The molecule has 0 saturated heterocycles. The molecule has 0 saturated carbocycles. The molecule has 18 heteroatoms. The topological polar surface area (TPSA) is 82.3 Å². The minimum Gasteiger partial charge on any atom is -0.384 e. The molecule has 6 aromatic carbocycles. The molecule has 0 aliphatic rings. The van der Waals surface area contributed by atoms with E-state index in [9.17, 15) is 35.9 Å². The Bertz CT molecular complexity index is 2600. The number of amides is 1. The number of halogens is 12. The molecule has 0 atom stereocenters. The molecule has 0 spiro atoms. The fourth-order valence-electron chi connectivity index (χ4n) is 7.55. The zero-order chi connectivity index (χ0) is 47.6. The highest BCUT2D eigenvalue weighted by Crippen LogP contribution is 2.58. The van der Waals surface area contributed by atoms with E-state index in [1.807, 2.05) is 0 Å². The Kier molecular flexibility index (Phi) is 13.1.